The molecule has 0 aromatic carbocycles. The second-order valence-corrected chi connectivity index (χ2v) is 5.62. The fourth-order valence-electron chi connectivity index (χ4n) is 1.55. The molecular weight excluding hydrogens is 211 g/mol. The monoisotopic (exact) mass is 224 g/mol. The third-order valence-electron chi connectivity index (χ3n) is 2.34. The minimum absolute atomic E-state index is 0.0805. The molecule has 0 amide bonds. The molecule has 0 bridgehead atoms. The van der Waals surface area contributed by atoms with E-state index in [2.05, 4.69) is 4.74 Å². The maximum absolute atomic E-state index is 13.1. The van der Waals surface area contributed by atoms with Gasteiger partial charge in [-0.25, -0.2) is 12.8 Å². The highest BCUT2D eigenvalue weighted by Gasteiger charge is 2.37. The predicted octanol–water partition coefficient (Wildman–Crippen LogP) is 0.322. The average Bonchev–Trinajstić information content (AvgIpc) is 2.35. The van der Waals surface area contributed by atoms with Crippen molar-refractivity contribution in [1.29, 1.82) is 0 Å². The van der Waals surface area contributed by atoms with Crippen molar-refractivity contribution >= 4 is 15.8 Å². The van der Waals surface area contributed by atoms with Crippen LogP contribution in [0.25, 0.3) is 0 Å². The summed E-state index contributed by atoms with van der Waals surface area (Å²) in [6.07, 6.45) is -1.01. The van der Waals surface area contributed by atoms with Gasteiger partial charge in [-0.1, -0.05) is 0 Å². The minimum Gasteiger partial charge on any atom is -0.469 e. The molecule has 2 unspecified atom stereocenters. The Hall–Kier alpha value is -0.650. The summed E-state index contributed by atoms with van der Waals surface area (Å²) >= 11 is 0. The van der Waals surface area contributed by atoms with Crippen molar-refractivity contribution in [3.8, 4) is 0 Å². The Kier molecular flexibility index (Phi) is 3.47. The first kappa shape index (κ1) is 11.4. The van der Waals surface area contributed by atoms with Crippen LogP contribution in [0.5, 0.6) is 0 Å². The number of rotatable bonds is 3. The molecule has 0 spiro atoms. The van der Waals surface area contributed by atoms with E-state index in [9.17, 15) is 17.6 Å². The highest BCUT2D eigenvalue weighted by Crippen LogP contribution is 2.26. The third kappa shape index (κ3) is 2.94. The minimum atomic E-state index is -3.23. The zero-order chi connectivity index (χ0) is 10.8. The number of hydrogen-bond donors (Lipinski definition) is 0. The second kappa shape index (κ2) is 4.25. The van der Waals surface area contributed by atoms with Crippen LogP contribution in [0.2, 0.25) is 0 Å². The molecule has 82 valence electrons. The Balaban J connectivity index is 2.44. The van der Waals surface area contributed by atoms with E-state index < -0.39 is 33.6 Å². The SMILES string of the molecule is COC(=O)CCC1CS(=O)(=O)CC1F. The molecule has 0 aromatic heterocycles. The molecule has 6 heteroatoms. The van der Waals surface area contributed by atoms with E-state index in [1.165, 1.54) is 7.11 Å². The highest BCUT2D eigenvalue weighted by molar-refractivity contribution is 7.91. The third-order valence-corrected chi connectivity index (χ3v) is 4.10. The van der Waals surface area contributed by atoms with Crippen LogP contribution in [0.3, 0.4) is 0 Å². The van der Waals surface area contributed by atoms with Gasteiger partial charge in [-0.15, -0.1) is 0 Å². The molecule has 1 fully saturated rings. The van der Waals surface area contributed by atoms with Gasteiger partial charge in [0.2, 0.25) is 0 Å². The van der Waals surface area contributed by atoms with Gasteiger partial charge in [0.05, 0.1) is 18.6 Å². The van der Waals surface area contributed by atoms with Crippen molar-refractivity contribution in [2.45, 2.75) is 19.0 Å². The Morgan fingerprint density at radius 2 is 2.14 bits per heavy atom. The van der Waals surface area contributed by atoms with E-state index in [4.69, 9.17) is 0 Å². The van der Waals surface area contributed by atoms with Crippen LogP contribution >= 0.6 is 0 Å². The lowest BCUT2D eigenvalue weighted by atomic mass is 10.0. The van der Waals surface area contributed by atoms with Gasteiger partial charge in [0, 0.05) is 12.3 Å². The molecule has 0 aromatic rings. The normalized spacial score (nSPS) is 30.1. The zero-order valence-corrected chi connectivity index (χ0v) is 8.72. The van der Waals surface area contributed by atoms with Crippen molar-refractivity contribution in [3.05, 3.63) is 0 Å². The highest BCUT2D eigenvalue weighted by atomic mass is 32.2. The predicted molar refractivity (Wildman–Crippen MR) is 48.3 cm³/mol. The summed E-state index contributed by atoms with van der Waals surface area (Å²) in [5, 5.41) is 0. The number of alkyl halides is 1. The Morgan fingerprint density at radius 1 is 1.50 bits per heavy atom. The Labute approximate surface area is 82.4 Å². The van der Waals surface area contributed by atoms with Gasteiger partial charge >= 0.3 is 5.97 Å². The van der Waals surface area contributed by atoms with Crippen LogP contribution in [-0.4, -0.2) is 39.2 Å². The lowest BCUT2D eigenvalue weighted by molar-refractivity contribution is -0.140. The van der Waals surface area contributed by atoms with Crippen molar-refractivity contribution in [1.82, 2.24) is 0 Å². The number of methoxy groups -OCH3 is 1. The van der Waals surface area contributed by atoms with Crippen LogP contribution < -0.4 is 0 Å². The topological polar surface area (TPSA) is 60.4 Å². The summed E-state index contributed by atoms with van der Waals surface area (Å²) in [6.45, 7) is 0. The maximum atomic E-state index is 13.1. The summed E-state index contributed by atoms with van der Waals surface area (Å²) in [6, 6.07) is 0. The van der Waals surface area contributed by atoms with Crippen molar-refractivity contribution in [2.24, 2.45) is 5.92 Å². The fourth-order valence-corrected chi connectivity index (χ4v) is 3.47. The number of halogens is 1. The smallest absolute Gasteiger partial charge is 0.305 e. The summed E-state index contributed by atoms with van der Waals surface area (Å²) in [4.78, 5) is 10.7. The van der Waals surface area contributed by atoms with E-state index in [1.54, 1.807) is 0 Å². The summed E-state index contributed by atoms with van der Waals surface area (Å²) in [7, 11) is -1.98. The maximum Gasteiger partial charge on any atom is 0.305 e. The molecule has 14 heavy (non-hydrogen) atoms. The molecule has 0 aliphatic carbocycles. The first-order chi connectivity index (χ1) is 6.44. The zero-order valence-electron chi connectivity index (χ0n) is 7.90. The van der Waals surface area contributed by atoms with Gasteiger partial charge in [-0.05, 0) is 6.42 Å². The van der Waals surface area contributed by atoms with E-state index in [0.717, 1.165) is 0 Å². The first-order valence-electron chi connectivity index (χ1n) is 4.36. The number of ether oxygens (including phenoxy) is 1. The van der Waals surface area contributed by atoms with Gasteiger partial charge in [-0.2, -0.15) is 0 Å². The van der Waals surface area contributed by atoms with Gasteiger partial charge < -0.3 is 4.74 Å². The summed E-state index contributed by atoms with van der Waals surface area (Å²) in [5.41, 5.74) is 0. The van der Waals surface area contributed by atoms with Crippen molar-refractivity contribution < 1.29 is 22.3 Å². The fraction of sp³-hybridized carbons (Fsp3) is 0.875. The second-order valence-electron chi connectivity index (χ2n) is 3.47. The van der Waals surface area contributed by atoms with Crippen LogP contribution in [0.1, 0.15) is 12.8 Å². The molecule has 0 radical (unpaired) electrons. The number of carbonyl (C=O) groups is 1. The molecule has 0 N–H and O–H groups in total. The first-order valence-corrected chi connectivity index (χ1v) is 6.18. The Bertz CT molecular complexity index is 311. The van der Waals surface area contributed by atoms with Gasteiger partial charge in [0.15, 0.2) is 9.84 Å². The molecular formula is C8H13FO4S. The lowest BCUT2D eigenvalue weighted by Gasteiger charge is -2.08. The van der Waals surface area contributed by atoms with Crippen LogP contribution in [-0.2, 0) is 19.4 Å². The number of esters is 1. The standard InChI is InChI=1S/C8H13FO4S/c1-13-8(10)3-2-6-4-14(11,12)5-7(6)9/h6-7H,2-5H2,1H3. The summed E-state index contributed by atoms with van der Waals surface area (Å²) < 4.78 is 39.5. The molecule has 1 rings (SSSR count). The molecule has 1 aliphatic heterocycles. The molecule has 1 heterocycles. The van der Waals surface area contributed by atoms with E-state index in [-0.39, 0.29) is 18.6 Å². The Morgan fingerprint density at radius 3 is 2.57 bits per heavy atom. The van der Waals surface area contributed by atoms with Crippen molar-refractivity contribution in [2.75, 3.05) is 18.6 Å². The molecule has 1 aliphatic rings. The van der Waals surface area contributed by atoms with Gasteiger partial charge in [-0.3, -0.25) is 4.79 Å². The lowest BCUT2D eigenvalue weighted by Crippen LogP contribution is -2.15. The van der Waals surface area contributed by atoms with Gasteiger partial charge in [0.1, 0.15) is 6.17 Å². The average molecular weight is 224 g/mol. The number of hydrogen-bond acceptors (Lipinski definition) is 4. The quantitative estimate of drug-likeness (QED) is 0.648. The van der Waals surface area contributed by atoms with Crippen LogP contribution in [0, 0.1) is 5.92 Å². The van der Waals surface area contributed by atoms with Crippen LogP contribution in [0.15, 0.2) is 0 Å². The largest absolute Gasteiger partial charge is 0.469 e. The van der Waals surface area contributed by atoms with E-state index in [1.807, 2.05) is 0 Å². The molecule has 2 atom stereocenters. The molecule has 1 saturated heterocycles. The molecule has 0 saturated carbocycles. The number of sulfone groups is 1. The number of carbonyl (C=O) groups excluding carboxylic acids is 1. The van der Waals surface area contributed by atoms with Crippen LogP contribution in [0.4, 0.5) is 4.39 Å². The summed E-state index contributed by atoms with van der Waals surface area (Å²) in [5.74, 6) is -1.52. The van der Waals surface area contributed by atoms with Crippen molar-refractivity contribution in [3.63, 3.8) is 0 Å². The van der Waals surface area contributed by atoms with E-state index >= 15 is 0 Å². The van der Waals surface area contributed by atoms with Gasteiger partial charge in [0.25, 0.3) is 0 Å². The molecule has 4 nitrogen and oxygen atoms in total. The van der Waals surface area contributed by atoms with E-state index in [0.29, 0.717) is 0 Å².